The molecule has 1 aromatic heterocycles. The molecule has 4 aromatic carbocycles. The van der Waals surface area contributed by atoms with Gasteiger partial charge in [0.15, 0.2) is 0 Å². The molecule has 3 heterocycles. The van der Waals surface area contributed by atoms with Gasteiger partial charge in [-0.25, -0.2) is 9.78 Å². The van der Waals surface area contributed by atoms with Gasteiger partial charge >= 0.3 is 5.97 Å². The number of ether oxygens (including phenoxy) is 1. The van der Waals surface area contributed by atoms with Gasteiger partial charge in [0.25, 0.3) is 0 Å². The molecule has 0 radical (unpaired) electrons. The summed E-state index contributed by atoms with van der Waals surface area (Å²) in [4.78, 5) is 36.0. The molecule has 242 valence electrons. The highest BCUT2D eigenvalue weighted by atomic mass is 16.5. The van der Waals surface area contributed by atoms with Crippen LogP contribution >= 0.6 is 0 Å². The highest BCUT2D eigenvalue weighted by Gasteiger charge is 2.57. The van der Waals surface area contributed by atoms with E-state index in [4.69, 9.17) is 9.72 Å². The lowest BCUT2D eigenvalue weighted by Gasteiger charge is -2.41. The topological polar surface area (TPSA) is 67.7 Å². The molecule has 1 amide bonds. The minimum Gasteiger partial charge on any atom is -0.465 e. The maximum atomic E-state index is 13.9. The number of rotatable bonds is 9. The van der Waals surface area contributed by atoms with E-state index >= 15 is 0 Å². The summed E-state index contributed by atoms with van der Waals surface area (Å²) in [5.74, 6) is 0.601. The molecular formula is C41H40N4O3. The van der Waals surface area contributed by atoms with Crippen molar-refractivity contribution < 1.29 is 14.3 Å². The Hall–Kier alpha value is -5.17. The molecule has 1 saturated heterocycles. The number of imidazole rings is 1. The summed E-state index contributed by atoms with van der Waals surface area (Å²) in [6.07, 6.45) is 10.2. The molecule has 0 N–H and O–H groups in total. The number of hydrogen-bond acceptors (Lipinski definition) is 5. The standard InChI is InChI=1S/C41H40N4O3/c1-48-40(47)32-18-19-35-34(27-32)42-39(43(35)25-22-29-11-5-2-6-12-29)31-17-20-36-37(28-31)45-38(46)21-24-41(45,33-15-9-4-10-16-33)44(36)26-23-30-13-7-3-8-14-30/h3-4,7-11,13-20,27-28H,2,5-6,12,21-26H2,1H3. The van der Waals surface area contributed by atoms with Gasteiger partial charge in [0.1, 0.15) is 11.5 Å². The smallest absolute Gasteiger partial charge is 0.337 e. The van der Waals surface area contributed by atoms with Gasteiger partial charge in [-0.3, -0.25) is 9.69 Å². The van der Waals surface area contributed by atoms with E-state index in [0.29, 0.717) is 12.0 Å². The molecule has 1 atom stereocenters. The number of fused-ring (bicyclic) bond motifs is 4. The number of amides is 1. The lowest BCUT2D eigenvalue weighted by molar-refractivity contribution is -0.117. The van der Waals surface area contributed by atoms with E-state index in [-0.39, 0.29) is 11.9 Å². The fourth-order valence-electron chi connectivity index (χ4n) is 8.10. The van der Waals surface area contributed by atoms with E-state index < -0.39 is 5.66 Å². The molecule has 2 aliphatic heterocycles. The maximum absolute atomic E-state index is 13.9. The number of allylic oxidation sites excluding steroid dienone is 2. The Balaban J connectivity index is 1.25. The third-order valence-corrected chi connectivity index (χ3v) is 10.4. The minimum atomic E-state index is -0.586. The third kappa shape index (κ3) is 5.09. The van der Waals surface area contributed by atoms with Crippen molar-refractivity contribution in [1.82, 2.24) is 9.55 Å². The number of carbonyl (C=O) groups is 2. The molecule has 8 rings (SSSR count). The molecule has 1 unspecified atom stereocenters. The van der Waals surface area contributed by atoms with Crippen molar-refractivity contribution in [1.29, 1.82) is 0 Å². The molecule has 5 aromatic rings. The first-order valence-electron chi connectivity index (χ1n) is 17.2. The zero-order chi connectivity index (χ0) is 32.7. The van der Waals surface area contributed by atoms with Gasteiger partial charge in [-0.2, -0.15) is 0 Å². The molecular weight excluding hydrogens is 596 g/mol. The number of benzene rings is 4. The van der Waals surface area contributed by atoms with E-state index in [9.17, 15) is 9.59 Å². The zero-order valence-corrected chi connectivity index (χ0v) is 27.4. The van der Waals surface area contributed by atoms with Gasteiger partial charge in [0.2, 0.25) is 5.91 Å². The van der Waals surface area contributed by atoms with E-state index in [0.717, 1.165) is 84.6 Å². The molecule has 1 aliphatic carbocycles. The predicted molar refractivity (Wildman–Crippen MR) is 190 cm³/mol. The summed E-state index contributed by atoms with van der Waals surface area (Å²) in [5, 5.41) is 0. The number of esters is 1. The minimum absolute atomic E-state index is 0.139. The van der Waals surface area contributed by atoms with Crippen molar-refractivity contribution in [2.45, 2.75) is 63.6 Å². The number of nitrogens with zero attached hydrogens (tertiary/aromatic N) is 4. The fraction of sp³-hybridized carbons (Fsp3) is 0.293. The van der Waals surface area contributed by atoms with Crippen LogP contribution in [0.5, 0.6) is 0 Å². The zero-order valence-electron chi connectivity index (χ0n) is 27.4. The fourth-order valence-corrected chi connectivity index (χ4v) is 8.10. The molecule has 48 heavy (non-hydrogen) atoms. The molecule has 3 aliphatic rings. The second-order valence-corrected chi connectivity index (χ2v) is 13.1. The van der Waals surface area contributed by atoms with E-state index in [1.807, 2.05) is 24.3 Å². The summed E-state index contributed by atoms with van der Waals surface area (Å²) in [6.45, 7) is 1.56. The Morgan fingerprint density at radius 1 is 0.854 bits per heavy atom. The molecule has 0 bridgehead atoms. The van der Waals surface area contributed by atoms with Gasteiger partial charge in [-0.15, -0.1) is 0 Å². The second-order valence-electron chi connectivity index (χ2n) is 13.1. The van der Waals surface area contributed by atoms with Crippen LogP contribution in [-0.2, 0) is 28.2 Å². The molecule has 0 spiro atoms. The monoisotopic (exact) mass is 636 g/mol. The molecule has 1 fully saturated rings. The Labute approximate surface area is 281 Å². The van der Waals surface area contributed by atoms with Crippen molar-refractivity contribution in [2.24, 2.45) is 0 Å². The summed E-state index contributed by atoms with van der Waals surface area (Å²) >= 11 is 0. The van der Waals surface area contributed by atoms with E-state index in [2.05, 4.69) is 93.2 Å². The number of anilines is 2. The lowest BCUT2D eigenvalue weighted by Crippen LogP contribution is -2.52. The molecule has 7 nitrogen and oxygen atoms in total. The van der Waals surface area contributed by atoms with Crippen LogP contribution in [0, 0.1) is 0 Å². The largest absolute Gasteiger partial charge is 0.465 e. The number of methoxy groups -OCH3 is 1. The Bertz CT molecular complexity index is 2030. The van der Waals surface area contributed by atoms with Crippen molar-refractivity contribution in [2.75, 3.05) is 23.5 Å². The van der Waals surface area contributed by atoms with E-state index in [1.165, 1.54) is 31.1 Å². The Kier molecular flexibility index (Phi) is 7.83. The maximum Gasteiger partial charge on any atom is 0.337 e. The van der Waals surface area contributed by atoms with Gasteiger partial charge in [0, 0.05) is 31.5 Å². The third-order valence-electron chi connectivity index (χ3n) is 10.4. The first kappa shape index (κ1) is 30.2. The molecule has 0 saturated carbocycles. The molecule has 7 heteroatoms. The number of aromatic nitrogens is 2. The first-order valence-corrected chi connectivity index (χ1v) is 17.2. The Morgan fingerprint density at radius 3 is 2.44 bits per heavy atom. The van der Waals surface area contributed by atoms with Crippen LogP contribution < -0.4 is 9.80 Å². The summed E-state index contributed by atoms with van der Waals surface area (Å²) < 4.78 is 7.30. The van der Waals surface area contributed by atoms with Crippen LogP contribution in [0.1, 0.15) is 66.4 Å². The summed E-state index contributed by atoms with van der Waals surface area (Å²) in [6, 6.07) is 33.2. The number of hydrogen-bond donors (Lipinski definition) is 0. The van der Waals surface area contributed by atoms with Crippen LogP contribution in [0.15, 0.2) is 109 Å². The predicted octanol–water partition coefficient (Wildman–Crippen LogP) is 8.42. The van der Waals surface area contributed by atoms with Crippen molar-refractivity contribution in [3.8, 4) is 11.4 Å². The quantitative estimate of drug-likeness (QED) is 0.120. The van der Waals surface area contributed by atoms with Gasteiger partial charge in [-0.1, -0.05) is 72.3 Å². The van der Waals surface area contributed by atoms with Crippen molar-refractivity contribution >= 4 is 34.3 Å². The SMILES string of the molecule is COC(=O)c1ccc2c(c1)nc(-c1ccc3c(c1)N1C(=O)CCC1(c1ccccc1)N3CCc1ccccc1)n2CCC1=CCCCC1. The number of carbonyl (C=O) groups excluding carboxylic acids is 2. The van der Waals surface area contributed by atoms with Crippen LogP contribution in [0.2, 0.25) is 0 Å². The summed E-state index contributed by atoms with van der Waals surface area (Å²) in [5.41, 5.74) is 8.48. The van der Waals surface area contributed by atoms with E-state index in [1.54, 1.807) is 0 Å². The lowest BCUT2D eigenvalue weighted by atomic mass is 9.94. The van der Waals surface area contributed by atoms with Gasteiger partial charge in [0.05, 0.1) is 35.1 Å². The van der Waals surface area contributed by atoms with Crippen LogP contribution in [0.3, 0.4) is 0 Å². The Morgan fingerprint density at radius 2 is 1.67 bits per heavy atom. The second kappa shape index (κ2) is 12.5. The summed E-state index contributed by atoms with van der Waals surface area (Å²) in [7, 11) is 1.40. The number of aryl methyl sites for hydroxylation is 1. The average Bonchev–Trinajstić information content (AvgIpc) is 3.78. The van der Waals surface area contributed by atoms with Crippen LogP contribution in [0.4, 0.5) is 11.4 Å². The van der Waals surface area contributed by atoms with Gasteiger partial charge in [-0.05, 0) is 86.1 Å². The highest BCUT2D eigenvalue weighted by molar-refractivity contribution is 6.05. The average molecular weight is 637 g/mol. The van der Waals surface area contributed by atoms with Crippen LogP contribution in [-0.4, -0.2) is 35.1 Å². The van der Waals surface area contributed by atoms with Crippen LogP contribution in [0.25, 0.3) is 22.4 Å². The van der Waals surface area contributed by atoms with Gasteiger partial charge < -0.3 is 14.2 Å². The van der Waals surface area contributed by atoms with Crippen molar-refractivity contribution in [3.05, 3.63) is 125 Å². The highest BCUT2D eigenvalue weighted by Crippen LogP contribution is 2.56. The first-order chi connectivity index (χ1) is 23.6. The normalized spacial score (nSPS) is 18.6. The van der Waals surface area contributed by atoms with Crippen molar-refractivity contribution in [3.63, 3.8) is 0 Å².